The largest absolute Gasteiger partial charge is 0.396 e. The molecule has 0 bridgehead atoms. The Labute approximate surface area is 108 Å². The Morgan fingerprint density at radius 1 is 1.41 bits per heavy atom. The lowest BCUT2D eigenvalue weighted by Crippen LogP contribution is -2.43. The molecule has 0 aromatic rings. The lowest BCUT2D eigenvalue weighted by atomic mass is 9.96. The van der Waals surface area contributed by atoms with E-state index in [1.807, 2.05) is 0 Å². The Hall–Kier alpha value is -0.220. The lowest BCUT2D eigenvalue weighted by molar-refractivity contribution is -0.123. The Bertz CT molecular complexity index is 277. The van der Waals surface area contributed by atoms with Gasteiger partial charge in [0.1, 0.15) is 0 Å². The number of carbonyl (C=O) groups is 1. The summed E-state index contributed by atoms with van der Waals surface area (Å²) in [7, 11) is 0. The van der Waals surface area contributed by atoms with E-state index >= 15 is 0 Å². The number of aliphatic hydroxyl groups is 1. The predicted molar refractivity (Wildman–Crippen MR) is 71.0 cm³/mol. The highest BCUT2D eigenvalue weighted by Crippen LogP contribution is 2.38. The number of nitrogens with one attached hydrogen (secondary N) is 1. The van der Waals surface area contributed by atoms with Crippen molar-refractivity contribution in [3.05, 3.63) is 0 Å². The van der Waals surface area contributed by atoms with Crippen molar-refractivity contribution < 1.29 is 9.90 Å². The first-order chi connectivity index (χ1) is 8.15. The minimum absolute atomic E-state index is 0.198. The predicted octanol–water partition coefficient (Wildman–Crippen LogP) is 1.80. The van der Waals surface area contributed by atoms with Crippen LogP contribution in [0.4, 0.5) is 0 Å². The zero-order chi connectivity index (χ0) is 12.3. The van der Waals surface area contributed by atoms with Gasteiger partial charge >= 0.3 is 0 Å². The van der Waals surface area contributed by atoms with Gasteiger partial charge in [-0.1, -0.05) is 6.42 Å². The minimum atomic E-state index is -0.201. The van der Waals surface area contributed by atoms with Crippen LogP contribution in [0.3, 0.4) is 0 Å². The van der Waals surface area contributed by atoms with Crippen molar-refractivity contribution in [3.63, 3.8) is 0 Å². The maximum atomic E-state index is 12.1. The molecular formula is C13H23NO2S. The molecule has 1 aliphatic carbocycles. The van der Waals surface area contributed by atoms with Gasteiger partial charge in [0.05, 0.1) is 4.75 Å². The third-order valence-electron chi connectivity index (χ3n) is 4.27. The molecule has 98 valence electrons. The van der Waals surface area contributed by atoms with Crippen LogP contribution in [0.15, 0.2) is 0 Å². The number of rotatable bonds is 4. The fourth-order valence-electron chi connectivity index (χ4n) is 2.99. The quantitative estimate of drug-likeness (QED) is 0.807. The molecule has 3 nitrogen and oxygen atoms in total. The molecule has 0 aromatic heterocycles. The van der Waals surface area contributed by atoms with E-state index in [0.717, 1.165) is 38.0 Å². The Morgan fingerprint density at radius 3 is 2.82 bits per heavy atom. The van der Waals surface area contributed by atoms with Crippen molar-refractivity contribution in [2.75, 3.05) is 18.9 Å². The number of hydrogen-bond acceptors (Lipinski definition) is 3. The Kier molecular flexibility index (Phi) is 4.36. The molecule has 2 aliphatic rings. The molecule has 3 unspecified atom stereocenters. The van der Waals surface area contributed by atoms with Crippen molar-refractivity contribution >= 4 is 17.7 Å². The Morgan fingerprint density at radius 2 is 2.18 bits per heavy atom. The third kappa shape index (κ3) is 2.97. The smallest absolute Gasteiger partial charge is 0.235 e. The second-order valence-corrected chi connectivity index (χ2v) is 7.12. The minimum Gasteiger partial charge on any atom is -0.396 e. The van der Waals surface area contributed by atoms with Gasteiger partial charge in [0.15, 0.2) is 0 Å². The molecule has 1 aliphatic heterocycles. The summed E-state index contributed by atoms with van der Waals surface area (Å²) in [4.78, 5) is 12.1. The summed E-state index contributed by atoms with van der Waals surface area (Å²) in [6.45, 7) is 3.07. The van der Waals surface area contributed by atoms with E-state index in [0.29, 0.717) is 11.8 Å². The van der Waals surface area contributed by atoms with Crippen LogP contribution >= 0.6 is 11.8 Å². The van der Waals surface area contributed by atoms with Crippen LogP contribution in [0.25, 0.3) is 0 Å². The topological polar surface area (TPSA) is 49.3 Å². The summed E-state index contributed by atoms with van der Waals surface area (Å²) in [5, 5.41) is 12.3. The summed E-state index contributed by atoms with van der Waals surface area (Å²) < 4.78 is -0.201. The average Bonchev–Trinajstić information content (AvgIpc) is 2.95. The molecule has 0 radical (unpaired) electrons. The van der Waals surface area contributed by atoms with Crippen LogP contribution in [0.2, 0.25) is 0 Å². The third-order valence-corrected chi connectivity index (χ3v) is 5.79. The molecule has 2 rings (SSSR count). The highest BCUT2D eigenvalue weighted by atomic mass is 32.2. The second kappa shape index (κ2) is 5.61. The van der Waals surface area contributed by atoms with Crippen LogP contribution in [-0.2, 0) is 4.79 Å². The molecule has 1 saturated carbocycles. The molecular weight excluding hydrogens is 234 g/mol. The summed E-state index contributed by atoms with van der Waals surface area (Å²) in [5.74, 6) is 2.19. The molecule has 4 heteroatoms. The molecule has 1 saturated heterocycles. The fraction of sp³-hybridized carbons (Fsp3) is 0.923. The van der Waals surface area contributed by atoms with Gasteiger partial charge < -0.3 is 10.4 Å². The Balaban J connectivity index is 1.79. The summed E-state index contributed by atoms with van der Waals surface area (Å²) >= 11 is 1.78. The first kappa shape index (κ1) is 13.2. The summed E-state index contributed by atoms with van der Waals surface area (Å²) in [5.41, 5.74) is 0. The SMILES string of the molecule is CC1(C(=O)NCC2CCCC2CO)CCCS1. The van der Waals surface area contributed by atoms with Crippen LogP contribution in [0.5, 0.6) is 0 Å². The number of aliphatic hydroxyl groups excluding tert-OH is 1. The van der Waals surface area contributed by atoms with E-state index in [2.05, 4.69) is 12.2 Å². The summed E-state index contributed by atoms with van der Waals surface area (Å²) in [6.07, 6.45) is 5.60. The van der Waals surface area contributed by atoms with Gasteiger partial charge in [0, 0.05) is 13.2 Å². The van der Waals surface area contributed by atoms with E-state index in [1.54, 1.807) is 11.8 Å². The maximum Gasteiger partial charge on any atom is 0.235 e. The van der Waals surface area contributed by atoms with Crippen LogP contribution in [0.1, 0.15) is 39.0 Å². The first-order valence-electron chi connectivity index (χ1n) is 6.69. The standard InChI is InChI=1S/C13H23NO2S/c1-13(6-3-7-17-13)12(16)14-8-10-4-2-5-11(10)9-15/h10-11,15H,2-9H2,1H3,(H,14,16). The molecule has 2 N–H and O–H groups in total. The van der Waals surface area contributed by atoms with Crippen molar-refractivity contribution in [2.24, 2.45) is 11.8 Å². The molecule has 0 aromatic carbocycles. The van der Waals surface area contributed by atoms with Crippen molar-refractivity contribution in [2.45, 2.75) is 43.8 Å². The van der Waals surface area contributed by atoms with Gasteiger partial charge in [0.2, 0.25) is 5.91 Å². The molecule has 17 heavy (non-hydrogen) atoms. The van der Waals surface area contributed by atoms with Crippen molar-refractivity contribution in [3.8, 4) is 0 Å². The maximum absolute atomic E-state index is 12.1. The van der Waals surface area contributed by atoms with Gasteiger partial charge in [-0.25, -0.2) is 0 Å². The van der Waals surface area contributed by atoms with Gasteiger partial charge in [0.25, 0.3) is 0 Å². The average molecular weight is 257 g/mol. The monoisotopic (exact) mass is 257 g/mol. The number of hydrogen-bond donors (Lipinski definition) is 2. The number of carbonyl (C=O) groups excluding carboxylic acids is 1. The van der Waals surface area contributed by atoms with E-state index in [4.69, 9.17) is 0 Å². The fourth-order valence-corrected chi connectivity index (χ4v) is 4.22. The van der Waals surface area contributed by atoms with E-state index in [1.165, 1.54) is 6.42 Å². The van der Waals surface area contributed by atoms with Crippen LogP contribution < -0.4 is 5.32 Å². The normalized spacial score (nSPS) is 37.3. The zero-order valence-electron chi connectivity index (χ0n) is 10.6. The number of thioether (sulfide) groups is 1. The molecule has 1 amide bonds. The van der Waals surface area contributed by atoms with Crippen LogP contribution in [-0.4, -0.2) is 34.7 Å². The lowest BCUT2D eigenvalue weighted by Gasteiger charge is -2.24. The highest BCUT2D eigenvalue weighted by molar-refractivity contribution is 8.01. The van der Waals surface area contributed by atoms with Gasteiger partial charge in [-0.15, -0.1) is 11.8 Å². The van der Waals surface area contributed by atoms with Crippen LogP contribution in [0, 0.1) is 11.8 Å². The van der Waals surface area contributed by atoms with Gasteiger partial charge in [-0.2, -0.15) is 0 Å². The zero-order valence-corrected chi connectivity index (χ0v) is 11.4. The summed E-state index contributed by atoms with van der Waals surface area (Å²) in [6, 6.07) is 0. The second-order valence-electron chi connectivity index (χ2n) is 5.53. The molecule has 3 atom stereocenters. The molecule has 0 spiro atoms. The van der Waals surface area contributed by atoms with Crippen molar-refractivity contribution in [1.82, 2.24) is 5.32 Å². The van der Waals surface area contributed by atoms with E-state index < -0.39 is 0 Å². The first-order valence-corrected chi connectivity index (χ1v) is 7.67. The van der Waals surface area contributed by atoms with Gasteiger partial charge in [-0.05, 0) is 50.2 Å². The highest BCUT2D eigenvalue weighted by Gasteiger charge is 2.37. The van der Waals surface area contributed by atoms with Crippen molar-refractivity contribution in [1.29, 1.82) is 0 Å². The number of amides is 1. The van der Waals surface area contributed by atoms with E-state index in [-0.39, 0.29) is 17.3 Å². The molecule has 2 fully saturated rings. The van der Waals surface area contributed by atoms with E-state index in [9.17, 15) is 9.90 Å². The van der Waals surface area contributed by atoms with Gasteiger partial charge in [-0.3, -0.25) is 4.79 Å². The molecule has 1 heterocycles.